The van der Waals surface area contributed by atoms with Gasteiger partial charge in [-0.25, -0.2) is 22.9 Å². The summed E-state index contributed by atoms with van der Waals surface area (Å²) < 4.78 is 40.8. The van der Waals surface area contributed by atoms with Crippen molar-refractivity contribution in [2.45, 2.75) is 11.8 Å². The zero-order valence-corrected chi connectivity index (χ0v) is 10.8. The summed E-state index contributed by atoms with van der Waals surface area (Å²) in [5, 5.41) is 4.93. The number of sulfonamides is 1. The molecule has 2 N–H and O–H groups in total. The van der Waals surface area contributed by atoms with E-state index in [0.717, 1.165) is 11.8 Å². The summed E-state index contributed by atoms with van der Waals surface area (Å²) in [6.45, 7) is 1.80. The summed E-state index contributed by atoms with van der Waals surface area (Å²) in [7, 11) is -3.80. The molecule has 0 spiro atoms. The molecular weight excluding hydrogens is 271 g/mol. The Morgan fingerprint density at radius 1 is 1.26 bits per heavy atom. The van der Waals surface area contributed by atoms with Crippen LogP contribution in [0.4, 0.5) is 4.39 Å². The van der Waals surface area contributed by atoms with Gasteiger partial charge in [0.25, 0.3) is 0 Å². The number of pyridine rings is 1. The van der Waals surface area contributed by atoms with Crippen molar-refractivity contribution in [3.63, 3.8) is 0 Å². The summed E-state index contributed by atoms with van der Waals surface area (Å²) in [5.41, 5.74) is 0.831. The van der Waals surface area contributed by atoms with Crippen molar-refractivity contribution in [3.8, 4) is 11.6 Å². The van der Waals surface area contributed by atoms with Crippen LogP contribution < -0.4 is 9.88 Å². The maximum atomic E-state index is 13.5. The van der Waals surface area contributed by atoms with Gasteiger partial charge in [0, 0.05) is 6.07 Å². The fourth-order valence-electron chi connectivity index (χ4n) is 1.40. The number of hydrogen-bond donors (Lipinski definition) is 1. The Morgan fingerprint density at radius 2 is 2.00 bits per heavy atom. The van der Waals surface area contributed by atoms with Crippen LogP contribution in [0.2, 0.25) is 0 Å². The first kappa shape index (κ1) is 13.4. The Hall–Kier alpha value is -1.99. The van der Waals surface area contributed by atoms with Gasteiger partial charge in [-0.2, -0.15) is 0 Å². The van der Waals surface area contributed by atoms with E-state index in [1.165, 1.54) is 24.3 Å². The molecule has 1 aromatic carbocycles. The van der Waals surface area contributed by atoms with E-state index in [-0.39, 0.29) is 16.5 Å². The lowest BCUT2D eigenvalue weighted by atomic mass is 10.2. The maximum Gasteiger partial charge on any atom is 0.239 e. The maximum absolute atomic E-state index is 13.5. The molecule has 0 bridgehead atoms. The number of hydrogen-bond acceptors (Lipinski definition) is 4. The number of aromatic nitrogens is 1. The van der Waals surface area contributed by atoms with E-state index >= 15 is 0 Å². The number of benzene rings is 1. The van der Waals surface area contributed by atoms with E-state index in [2.05, 4.69) is 4.98 Å². The Kier molecular flexibility index (Phi) is 3.50. The molecule has 0 aliphatic rings. The molecular formula is C12H11FN2O3S. The fourth-order valence-corrected chi connectivity index (χ4v) is 1.85. The number of nitrogens with two attached hydrogens (primary N) is 1. The largest absolute Gasteiger partial charge is 0.436 e. The lowest BCUT2D eigenvalue weighted by Gasteiger charge is -2.07. The van der Waals surface area contributed by atoms with Crippen LogP contribution in [0.25, 0.3) is 0 Å². The summed E-state index contributed by atoms with van der Waals surface area (Å²) in [5.74, 6) is -0.421. The third-order valence-corrected chi connectivity index (χ3v) is 3.24. The second-order valence-corrected chi connectivity index (χ2v) is 5.47. The molecule has 1 aromatic heterocycles. The summed E-state index contributed by atoms with van der Waals surface area (Å²) in [4.78, 5) is 3.63. The fraction of sp³-hybridized carbons (Fsp3) is 0.0833. The number of ether oxygens (including phenoxy) is 1. The second-order valence-electron chi connectivity index (χ2n) is 3.91. The topological polar surface area (TPSA) is 82.3 Å². The smallest absolute Gasteiger partial charge is 0.239 e. The summed E-state index contributed by atoms with van der Waals surface area (Å²) in [6, 6.07) is 6.96. The van der Waals surface area contributed by atoms with Gasteiger partial charge in [0.15, 0.2) is 11.6 Å². The first-order chi connectivity index (χ1) is 8.86. The van der Waals surface area contributed by atoms with Crippen molar-refractivity contribution in [2.24, 2.45) is 5.14 Å². The monoisotopic (exact) mass is 282 g/mol. The average molecular weight is 282 g/mol. The minimum atomic E-state index is -3.80. The molecule has 19 heavy (non-hydrogen) atoms. The van der Waals surface area contributed by atoms with Crippen molar-refractivity contribution in [1.29, 1.82) is 0 Å². The Bertz CT molecular complexity index is 699. The lowest BCUT2D eigenvalue weighted by Crippen LogP contribution is -2.12. The van der Waals surface area contributed by atoms with Crippen LogP contribution in [0.3, 0.4) is 0 Å². The lowest BCUT2D eigenvalue weighted by molar-refractivity contribution is 0.426. The highest BCUT2D eigenvalue weighted by molar-refractivity contribution is 7.89. The SMILES string of the molecule is Cc1ccc(F)c(Oc2ccc(S(N)(=O)=O)cn2)c1. The third kappa shape index (κ3) is 3.27. The van der Waals surface area contributed by atoms with Gasteiger partial charge in [-0.05, 0) is 30.7 Å². The highest BCUT2D eigenvalue weighted by Gasteiger charge is 2.10. The Labute approximate surface area is 109 Å². The quantitative estimate of drug-likeness (QED) is 0.933. The number of aryl methyl sites for hydroxylation is 1. The van der Waals surface area contributed by atoms with Crippen molar-refractivity contribution < 1.29 is 17.5 Å². The number of primary sulfonamides is 1. The van der Waals surface area contributed by atoms with Crippen LogP contribution >= 0.6 is 0 Å². The van der Waals surface area contributed by atoms with Gasteiger partial charge in [-0.3, -0.25) is 0 Å². The number of rotatable bonds is 3. The molecule has 1 heterocycles. The van der Waals surface area contributed by atoms with Gasteiger partial charge in [0.05, 0.1) is 6.20 Å². The van der Waals surface area contributed by atoms with Gasteiger partial charge in [0.1, 0.15) is 4.90 Å². The van der Waals surface area contributed by atoms with Gasteiger partial charge in [-0.15, -0.1) is 0 Å². The molecule has 0 aliphatic heterocycles. The van der Waals surface area contributed by atoms with Crippen LogP contribution in [0.1, 0.15) is 5.56 Å². The van der Waals surface area contributed by atoms with Crippen LogP contribution in [0.5, 0.6) is 11.6 Å². The molecule has 100 valence electrons. The van der Waals surface area contributed by atoms with Gasteiger partial charge in [0.2, 0.25) is 15.9 Å². The molecule has 0 aliphatic carbocycles. The van der Waals surface area contributed by atoms with E-state index < -0.39 is 15.8 Å². The zero-order chi connectivity index (χ0) is 14.0. The molecule has 0 saturated heterocycles. The van der Waals surface area contributed by atoms with E-state index in [0.29, 0.717) is 0 Å². The summed E-state index contributed by atoms with van der Waals surface area (Å²) in [6.07, 6.45) is 1.05. The molecule has 0 unspecified atom stereocenters. The van der Waals surface area contributed by atoms with Crippen LogP contribution in [-0.4, -0.2) is 13.4 Å². The van der Waals surface area contributed by atoms with E-state index in [1.54, 1.807) is 13.0 Å². The van der Waals surface area contributed by atoms with Crippen molar-refractivity contribution >= 4 is 10.0 Å². The first-order valence-electron chi connectivity index (χ1n) is 5.29. The molecule has 0 saturated carbocycles. The van der Waals surface area contributed by atoms with Crippen molar-refractivity contribution in [1.82, 2.24) is 4.98 Å². The Morgan fingerprint density at radius 3 is 2.58 bits per heavy atom. The molecule has 0 fully saturated rings. The zero-order valence-electron chi connectivity index (χ0n) is 10.00. The normalized spacial score (nSPS) is 11.3. The van der Waals surface area contributed by atoms with E-state index in [1.807, 2.05) is 0 Å². The molecule has 0 atom stereocenters. The van der Waals surface area contributed by atoms with Crippen LogP contribution in [0.15, 0.2) is 41.4 Å². The van der Waals surface area contributed by atoms with Gasteiger partial charge >= 0.3 is 0 Å². The van der Waals surface area contributed by atoms with Crippen molar-refractivity contribution in [3.05, 3.63) is 47.9 Å². The van der Waals surface area contributed by atoms with Crippen molar-refractivity contribution in [2.75, 3.05) is 0 Å². The standard InChI is InChI=1S/C12H11FN2O3S/c1-8-2-4-10(13)11(6-8)18-12-5-3-9(7-15-12)19(14,16)17/h2-7H,1H3,(H2,14,16,17). The predicted octanol–water partition coefficient (Wildman–Crippen LogP) is 1.97. The third-order valence-electron chi connectivity index (χ3n) is 2.34. The average Bonchev–Trinajstić information content (AvgIpc) is 2.33. The van der Waals surface area contributed by atoms with E-state index in [4.69, 9.17) is 9.88 Å². The molecule has 7 heteroatoms. The highest BCUT2D eigenvalue weighted by Crippen LogP contribution is 2.24. The summed E-state index contributed by atoms with van der Waals surface area (Å²) >= 11 is 0. The van der Waals surface area contributed by atoms with Gasteiger partial charge < -0.3 is 4.74 Å². The van der Waals surface area contributed by atoms with Crippen LogP contribution in [0, 0.1) is 12.7 Å². The minimum absolute atomic E-state index is 0.0239. The molecule has 0 radical (unpaired) electrons. The Balaban J connectivity index is 2.27. The minimum Gasteiger partial charge on any atom is -0.436 e. The molecule has 2 aromatic rings. The highest BCUT2D eigenvalue weighted by atomic mass is 32.2. The second kappa shape index (κ2) is 4.94. The molecule has 0 amide bonds. The predicted molar refractivity (Wildman–Crippen MR) is 66.8 cm³/mol. The number of nitrogens with zero attached hydrogens (tertiary/aromatic N) is 1. The number of halogens is 1. The molecule has 5 nitrogen and oxygen atoms in total. The van der Waals surface area contributed by atoms with Crippen LogP contribution in [-0.2, 0) is 10.0 Å². The first-order valence-corrected chi connectivity index (χ1v) is 6.84. The van der Waals surface area contributed by atoms with E-state index in [9.17, 15) is 12.8 Å². The molecule has 2 rings (SSSR count). The van der Waals surface area contributed by atoms with Gasteiger partial charge in [-0.1, -0.05) is 6.07 Å².